The van der Waals surface area contributed by atoms with Crippen LogP contribution in [0.1, 0.15) is 32.1 Å². The molecule has 1 saturated carbocycles. The second kappa shape index (κ2) is 7.19. The van der Waals surface area contributed by atoms with E-state index >= 15 is 0 Å². The molecule has 0 bridgehead atoms. The molecule has 1 fully saturated rings. The summed E-state index contributed by atoms with van der Waals surface area (Å²) in [6.45, 7) is 0. The number of carbonyl (C=O) groups is 1. The van der Waals surface area contributed by atoms with Crippen molar-refractivity contribution in [2.45, 2.75) is 32.1 Å². The summed E-state index contributed by atoms with van der Waals surface area (Å²) in [6, 6.07) is 6.39. The molecule has 130 valence electrons. The van der Waals surface area contributed by atoms with Crippen LogP contribution in [0.2, 0.25) is 0 Å². The zero-order valence-electron chi connectivity index (χ0n) is 13.8. The Morgan fingerprint density at radius 1 is 1.40 bits per heavy atom. The molecule has 2 aromatic rings. The number of nitrogens with zero attached hydrogens (tertiary/aromatic N) is 2. The van der Waals surface area contributed by atoms with Gasteiger partial charge in [-0.05, 0) is 31.0 Å². The molecule has 0 aliphatic heterocycles. The van der Waals surface area contributed by atoms with Gasteiger partial charge in [0.2, 0.25) is 5.91 Å². The van der Waals surface area contributed by atoms with E-state index in [0.717, 1.165) is 19.3 Å². The van der Waals surface area contributed by atoms with Crippen LogP contribution in [0.4, 0.5) is 9.52 Å². The summed E-state index contributed by atoms with van der Waals surface area (Å²) in [5, 5.41) is 14.4. The highest BCUT2D eigenvalue weighted by Gasteiger charge is 2.40. The topological polar surface area (TPSA) is 75.0 Å². The van der Waals surface area contributed by atoms with E-state index in [0.29, 0.717) is 35.0 Å². The van der Waals surface area contributed by atoms with Crippen molar-refractivity contribution in [1.29, 1.82) is 5.26 Å². The van der Waals surface area contributed by atoms with E-state index < -0.39 is 5.41 Å². The molecule has 7 heteroatoms. The van der Waals surface area contributed by atoms with Crippen LogP contribution in [-0.4, -0.2) is 18.0 Å². The van der Waals surface area contributed by atoms with E-state index in [2.05, 4.69) is 16.4 Å². The molecule has 5 nitrogen and oxygen atoms in total. The van der Waals surface area contributed by atoms with Crippen molar-refractivity contribution in [1.82, 2.24) is 4.98 Å². The van der Waals surface area contributed by atoms with Crippen LogP contribution in [0.5, 0.6) is 5.75 Å². The van der Waals surface area contributed by atoms with Crippen molar-refractivity contribution in [3.05, 3.63) is 29.4 Å². The molecule has 1 aliphatic carbocycles. The highest BCUT2D eigenvalue weighted by atomic mass is 32.1. The molecule has 1 aromatic carbocycles. The number of ether oxygens (including phenoxy) is 1. The molecule has 0 atom stereocenters. The first-order valence-electron chi connectivity index (χ1n) is 8.10. The van der Waals surface area contributed by atoms with Crippen LogP contribution in [-0.2, 0) is 4.79 Å². The van der Waals surface area contributed by atoms with Crippen molar-refractivity contribution < 1.29 is 13.9 Å². The standard InChI is InChI=1S/C18H18FN3O2S/c1-24-15-6-5-12(19)9-13(15)14-10-25-17(21-14)22-16(23)18(11-20)7-3-2-4-8-18/h5-6,9-10H,2-4,7-8H2,1H3,(H,21,22,23). The normalized spacial score (nSPS) is 16.0. The van der Waals surface area contributed by atoms with E-state index in [1.165, 1.54) is 36.6 Å². The summed E-state index contributed by atoms with van der Waals surface area (Å²) in [4.78, 5) is 17.0. The molecular weight excluding hydrogens is 341 g/mol. The highest BCUT2D eigenvalue weighted by Crippen LogP contribution is 2.38. The fourth-order valence-corrected chi connectivity index (χ4v) is 3.80. The fraction of sp³-hybridized carbons (Fsp3) is 0.389. The summed E-state index contributed by atoms with van der Waals surface area (Å²) >= 11 is 1.24. The third-order valence-electron chi connectivity index (χ3n) is 4.52. The molecule has 1 aromatic heterocycles. The number of nitrogens with one attached hydrogen (secondary N) is 1. The molecule has 1 N–H and O–H groups in total. The van der Waals surface area contributed by atoms with Crippen LogP contribution in [0, 0.1) is 22.6 Å². The van der Waals surface area contributed by atoms with Crippen molar-refractivity contribution >= 4 is 22.4 Å². The Morgan fingerprint density at radius 2 is 2.16 bits per heavy atom. The smallest absolute Gasteiger partial charge is 0.246 e. The zero-order valence-corrected chi connectivity index (χ0v) is 14.7. The van der Waals surface area contributed by atoms with Gasteiger partial charge in [0.15, 0.2) is 5.13 Å². The maximum Gasteiger partial charge on any atom is 0.246 e. The van der Waals surface area contributed by atoms with Gasteiger partial charge in [-0.3, -0.25) is 4.79 Å². The van der Waals surface area contributed by atoms with Crippen molar-refractivity contribution in [2.75, 3.05) is 12.4 Å². The van der Waals surface area contributed by atoms with Gasteiger partial charge in [-0.1, -0.05) is 19.3 Å². The number of methoxy groups -OCH3 is 1. The first-order valence-corrected chi connectivity index (χ1v) is 8.98. The van der Waals surface area contributed by atoms with E-state index in [4.69, 9.17) is 4.74 Å². The Bertz CT molecular complexity index is 822. The van der Waals surface area contributed by atoms with Crippen molar-refractivity contribution in [2.24, 2.45) is 5.41 Å². The molecule has 0 radical (unpaired) electrons. The minimum atomic E-state index is -0.972. The average molecular weight is 359 g/mol. The molecule has 3 rings (SSSR count). The summed E-state index contributed by atoms with van der Waals surface area (Å²) in [5.74, 6) is -0.188. The van der Waals surface area contributed by atoms with Gasteiger partial charge < -0.3 is 10.1 Å². The number of hydrogen-bond acceptors (Lipinski definition) is 5. The summed E-state index contributed by atoms with van der Waals surface area (Å²) < 4.78 is 18.8. The number of thiazole rings is 1. The second-order valence-electron chi connectivity index (χ2n) is 6.09. The van der Waals surface area contributed by atoms with Crippen LogP contribution < -0.4 is 10.1 Å². The molecule has 1 heterocycles. The minimum Gasteiger partial charge on any atom is -0.496 e. The third-order valence-corrected chi connectivity index (χ3v) is 5.28. The van der Waals surface area contributed by atoms with E-state index in [9.17, 15) is 14.4 Å². The lowest BCUT2D eigenvalue weighted by Crippen LogP contribution is -2.36. The van der Waals surface area contributed by atoms with E-state index in [1.807, 2.05) is 0 Å². The Labute approximate surface area is 149 Å². The lowest BCUT2D eigenvalue weighted by molar-refractivity contribution is -0.124. The molecule has 0 saturated heterocycles. The number of rotatable bonds is 4. The lowest BCUT2D eigenvalue weighted by Gasteiger charge is -2.28. The molecule has 1 aliphatic rings. The number of anilines is 1. The Kier molecular flexibility index (Phi) is 5.00. The number of benzene rings is 1. The quantitative estimate of drug-likeness (QED) is 0.879. The van der Waals surface area contributed by atoms with Crippen LogP contribution in [0.3, 0.4) is 0 Å². The van der Waals surface area contributed by atoms with Crippen molar-refractivity contribution in [3.63, 3.8) is 0 Å². The Hall–Kier alpha value is -2.46. The third kappa shape index (κ3) is 3.49. The van der Waals surface area contributed by atoms with Gasteiger partial charge in [0.1, 0.15) is 17.0 Å². The first-order chi connectivity index (χ1) is 12.1. The Morgan fingerprint density at radius 3 is 2.84 bits per heavy atom. The minimum absolute atomic E-state index is 0.304. The van der Waals surface area contributed by atoms with Gasteiger partial charge in [0.25, 0.3) is 0 Å². The maximum absolute atomic E-state index is 13.5. The van der Waals surface area contributed by atoms with Crippen LogP contribution >= 0.6 is 11.3 Å². The molecule has 1 amide bonds. The summed E-state index contributed by atoms with van der Waals surface area (Å²) in [7, 11) is 1.51. The SMILES string of the molecule is COc1ccc(F)cc1-c1csc(NC(=O)C2(C#N)CCCCC2)n1. The number of hydrogen-bond donors (Lipinski definition) is 1. The number of halogens is 1. The van der Waals surface area contributed by atoms with Crippen LogP contribution in [0.15, 0.2) is 23.6 Å². The lowest BCUT2D eigenvalue weighted by atomic mass is 9.74. The largest absolute Gasteiger partial charge is 0.496 e. The fourth-order valence-electron chi connectivity index (χ4n) is 3.10. The zero-order chi connectivity index (χ0) is 17.9. The van der Waals surface area contributed by atoms with Gasteiger partial charge in [-0.2, -0.15) is 5.26 Å². The average Bonchev–Trinajstić information content (AvgIpc) is 3.10. The molecular formula is C18H18FN3O2S. The van der Waals surface area contributed by atoms with E-state index in [-0.39, 0.29) is 11.7 Å². The van der Waals surface area contributed by atoms with Gasteiger partial charge in [0.05, 0.1) is 18.9 Å². The second-order valence-corrected chi connectivity index (χ2v) is 6.95. The van der Waals surface area contributed by atoms with Crippen LogP contribution in [0.25, 0.3) is 11.3 Å². The predicted molar refractivity (Wildman–Crippen MR) is 93.8 cm³/mol. The van der Waals surface area contributed by atoms with Gasteiger partial charge in [0, 0.05) is 10.9 Å². The van der Waals surface area contributed by atoms with Crippen molar-refractivity contribution in [3.8, 4) is 23.1 Å². The number of nitriles is 1. The molecule has 25 heavy (non-hydrogen) atoms. The van der Waals surface area contributed by atoms with E-state index in [1.54, 1.807) is 5.38 Å². The predicted octanol–water partition coefficient (Wildman–Crippen LogP) is 4.37. The summed E-state index contributed by atoms with van der Waals surface area (Å²) in [5.41, 5.74) is 0.0684. The highest BCUT2D eigenvalue weighted by molar-refractivity contribution is 7.14. The number of amides is 1. The molecule has 0 unspecified atom stereocenters. The number of aromatic nitrogens is 1. The summed E-state index contributed by atoms with van der Waals surface area (Å²) in [6.07, 6.45) is 3.96. The van der Waals surface area contributed by atoms with Gasteiger partial charge in [-0.25, -0.2) is 9.37 Å². The monoisotopic (exact) mass is 359 g/mol. The maximum atomic E-state index is 13.5. The molecule has 0 spiro atoms. The first kappa shape index (κ1) is 17.4. The van der Waals surface area contributed by atoms with Gasteiger partial charge in [-0.15, -0.1) is 11.3 Å². The van der Waals surface area contributed by atoms with Gasteiger partial charge >= 0.3 is 0 Å². The Balaban J connectivity index is 1.82. The number of carbonyl (C=O) groups excluding carboxylic acids is 1.